The number of fused-ring (bicyclic) bond motifs is 2. The number of aliphatic hydroxyl groups is 1. The Morgan fingerprint density at radius 3 is 1.92 bits per heavy atom. The maximum atomic E-state index is 14.1. The molecule has 2 aromatic heterocycles. The summed E-state index contributed by atoms with van der Waals surface area (Å²) in [4.78, 5) is 16.0. The van der Waals surface area contributed by atoms with Gasteiger partial charge in [0.05, 0.1) is 24.8 Å². The molecule has 0 fully saturated rings. The van der Waals surface area contributed by atoms with Crippen molar-refractivity contribution < 1.29 is 60.8 Å². The fourth-order valence-corrected chi connectivity index (χ4v) is 9.14. The van der Waals surface area contributed by atoms with E-state index in [0.29, 0.717) is 10.8 Å². The molecular formula is C38H48F6IrNO3Si2-. The second kappa shape index (κ2) is 16.9. The van der Waals surface area contributed by atoms with Crippen molar-refractivity contribution in [1.82, 2.24) is 4.98 Å². The van der Waals surface area contributed by atoms with Gasteiger partial charge in [-0.25, -0.2) is 0 Å². The van der Waals surface area contributed by atoms with E-state index in [2.05, 4.69) is 11.1 Å². The molecule has 0 aliphatic carbocycles. The van der Waals surface area contributed by atoms with Crippen LogP contribution >= 0.6 is 0 Å². The van der Waals surface area contributed by atoms with Gasteiger partial charge in [-0.3, -0.25) is 9.78 Å². The van der Waals surface area contributed by atoms with E-state index in [1.165, 1.54) is 30.5 Å². The monoisotopic (exact) mass is 929 g/mol. The van der Waals surface area contributed by atoms with Crippen LogP contribution in [0, 0.1) is 17.9 Å². The Hall–Kier alpha value is -2.74. The number of nitrogens with zero attached hydrogens (tertiary/aromatic N) is 1. The van der Waals surface area contributed by atoms with E-state index in [1.807, 2.05) is 47.3 Å². The van der Waals surface area contributed by atoms with Crippen LogP contribution in [0.1, 0.15) is 64.5 Å². The van der Waals surface area contributed by atoms with E-state index in [0.717, 1.165) is 31.7 Å². The molecule has 0 saturated heterocycles. The van der Waals surface area contributed by atoms with Gasteiger partial charge in [0.15, 0.2) is 5.78 Å². The van der Waals surface area contributed by atoms with E-state index in [1.54, 1.807) is 25.7 Å². The second-order valence-electron chi connectivity index (χ2n) is 14.7. The Labute approximate surface area is 312 Å². The first-order valence-corrected chi connectivity index (χ1v) is 24.0. The predicted octanol–water partition coefficient (Wildman–Crippen LogP) is 11.4. The molecule has 4 rings (SSSR count). The zero-order chi connectivity index (χ0) is 38.0. The zero-order valence-electron chi connectivity index (χ0n) is 30.8. The number of rotatable bonds is 10. The third-order valence-corrected chi connectivity index (χ3v) is 12.6. The Balaban J connectivity index is 0.000000479. The number of aromatic nitrogens is 1. The number of aliphatic hydroxyl groups excluding tert-OH is 1. The third kappa shape index (κ3) is 10.2. The average Bonchev–Trinajstić information content (AvgIpc) is 3.42. The Bertz CT molecular complexity index is 1850. The van der Waals surface area contributed by atoms with Gasteiger partial charge >= 0.3 is 12.4 Å². The minimum Gasteiger partial charge on any atom is -0.512 e. The fourth-order valence-electron chi connectivity index (χ4n) is 6.10. The Morgan fingerprint density at radius 2 is 1.45 bits per heavy atom. The minimum atomic E-state index is -4.63. The van der Waals surface area contributed by atoms with Crippen LogP contribution in [0.15, 0.2) is 52.8 Å². The molecule has 0 bridgehead atoms. The molecule has 13 heteroatoms. The number of halogens is 6. The van der Waals surface area contributed by atoms with Crippen molar-refractivity contribution in [3.63, 3.8) is 0 Å². The summed E-state index contributed by atoms with van der Waals surface area (Å²) in [5, 5.41) is 10.4. The molecule has 283 valence electrons. The van der Waals surface area contributed by atoms with Gasteiger partial charge in [0.25, 0.3) is 0 Å². The van der Waals surface area contributed by atoms with Crippen molar-refractivity contribution in [2.75, 3.05) is 0 Å². The number of ketones is 1. The quantitative estimate of drug-likeness (QED) is 0.0566. The van der Waals surface area contributed by atoms with Gasteiger partial charge in [-0.1, -0.05) is 90.1 Å². The Morgan fingerprint density at radius 1 is 0.882 bits per heavy atom. The third-order valence-electron chi connectivity index (χ3n) is 8.91. The SMILES string of the molecule is CCC(CC)C(=O)/C=C(\O)C(CC)CC.C[Si](C)(C)c1oc2c(-c3[c-]c4cccc(C(F)(F)F)c4c([Si](C)(C)C)c3)nccc2c1C(F)(F)F.[Ir]. The zero-order valence-corrected chi connectivity index (χ0v) is 35.2. The number of hydrogen-bond acceptors (Lipinski definition) is 4. The molecule has 0 saturated carbocycles. The van der Waals surface area contributed by atoms with Crippen LogP contribution in [-0.2, 0) is 37.3 Å². The summed E-state index contributed by atoms with van der Waals surface area (Å²) in [6.45, 7) is 19.1. The summed E-state index contributed by atoms with van der Waals surface area (Å²) in [6, 6.07) is 9.75. The van der Waals surface area contributed by atoms with Crippen molar-refractivity contribution >= 4 is 54.2 Å². The molecule has 0 aliphatic rings. The van der Waals surface area contributed by atoms with E-state index < -0.39 is 39.6 Å². The summed E-state index contributed by atoms with van der Waals surface area (Å²) >= 11 is 0. The predicted molar refractivity (Wildman–Crippen MR) is 196 cm³/mol. The number of benzene rings is 2. The number of pyridine rings is 1. The maximum Gasteiger partial charge on any atom is 0.419 e. The first-order valence-electron chi connectivity index (χ1n) is 17.0. The normalized spacial score (nSPS) is 13.1. The molecule has 1 radical (unpaired) electrons. The van der Waals surface area contributed by atoms with Gasteiger partial charge in [-0.05, 0) is 31.7 Å². The summed E-state index contributed by atoms with van der Waals surface area (Å²) in [6.07, 6.45) is -3.01. The number of carbonyl (C=O) groups excluding carboxylic acids is 1. The van der Waals surface area contributed by atoms with Crippen LogP contribution in [0.2, 0.25) is 39.3 Å². The van der Waals surface area contributed by atoms with Crippen LogP contribution in [0.25, 0.3) is 33.0 Å². The van der Waals surface area contributed by atoms with Crippen molar-refractivity contribution in [3.05, 3.63) is 65.6 Å². The molecule has 4 aromatic rings. The number of allylic oxidation sites excluding steroid dienone is 2. The van der Waals surface area contributed by atoms with Gasteiger partial charge < -0.3 is 9.52 Å². The molecule has 0 atom stereocenters. The minimum absolute atomic E-state index is 0. The molecular weight excluding hydrogens is 881 g/mol. The molecule has 4 nitrogen and oxygen atoms in total. The fraction of sp³-hybridized carbons (Fsp3) is 0.474. The van der Waals surface area contributed by atoms with E-state index in [4.69, 9.17) is 4.42 Å². The maximum absolute atomic E-state index is 14.1. The average molecular weight is 929 g/mol. The van der Waals surface area contributed by atoms with Crippen LogP contribution in [0.3, 0.4) is 0 Å². The van der Waals surface area contributed by atoms with Gasteiger partial charge in [0.1, 0.15) is 13.7 Å². The van der Waals surface area contributed by atoms with E-state index in [-0.39, 0.29) is 76.3 Å². The molecule has 0 unspecified atom stereocenters. The van der Waals surface area contributed by atoms with Gasteiger partial charge in [0, 0.05) is 60.9 Å². The number of furan rings is 1. The molecule has 51 heavy (non-hydrogen) atoms. The van der Waals surface area contributed by atoms with Gasteiger partial charge in [-0.2, -0.15) is 26.3 Å². The van der Waals surface area contributed by atoms with E-state index in [9.17, 15) is 36.2 Å². The first-order chi connectivity index (χ1) is 23.0. The molecule has 2 aromatic carbocycles. The molecule has 1 N–H and O–H groups in total. The number of hydrogen-bond donors (Lipinski definition) is 1. The van der Waals surface area contributed by atoms with Crippen LogP contribution in [0.5, 0.6) is 0 Å². The molecule has 0 spiro atoms. The standard InChI is InChI=1S/C25H24F6NOSi2.C13H24O2.Ir/c1-34(2,3)18-13-15(12-14-8-7-9-17(19(14)18)24(26,27)28)21-22-16(10-11-32-21)20(25(29,30)31)23(33-22)35(4,5)6;1-5-10(6-2)12(14)9-13(15)11(7-3)8-4;/h7-11,13H,1-6H3;9-11,14H,5-8H2,1-4H3;/q-1;;/b;12-9-;. The largest absolute Gasteiger partial charge is 0.512 e. The van der Waals surface area contributed by atoms with Crippen molar-refractivity contribution in [2.45, 2.75) is 105 Å². The van der Waals surface area contributed by atoms with Crippen molar-refractivity contribution in [1.29, 1.82) is 0 Å². The summed E-state index contributed by atoms with van der Waals surface area (Å²) < 4.78 is 89.7. The number of carbonyl (C=O) groups is 1. The molecule has 2 heterocycles. The summed E-state index contributed by atoms with van der Waals surface area (Å²) in [7, 11) is -4.91. The smallest absolute Gasteiger partial charge is 0.419 e. The molecule has 0 aliphatic heterocycles. The van der Waals surface area contributed by atoms with Crippen LogP contribution in [-0.4, -0.2) is 32.0 Å². The second-order valence-corrected chi connectivity index (χ2v) is 24.7. The number of alkyl halides is 6. The van der Waals surface area contributed by atoms with Crippen LogP contribution < -0.4 is 10.6 Å². The van der Waals surface area contributed by atoms with Crippen molar-refractivity contribution in [3.8, 4) is 11.3 Å². The summed E-state index contributed by atoms with van der Waals surface area (Å²) in [5.74, 6) is 0.547. The van der Waals surface area contributed by atoms with Crippen LogP contribution in [0.4, 0.5) is 26.3 Å². The Kier molecular flexibility index (Phi) is 14.8. The summed E-state index contributed by atoms with van der Waals surface area (Å²) in [5.41, 5.74) is -1.14. The first kappa shape index (κ1) is 44.4. The van der Waals surface area contributed by atoms with Gasteiger partial charge in [-0.15, -0.1) is 28.8 Å². The van der Waals surface area contributed by atoms with Crippen molar-refractivity contribution in [2.24, 2.45) is 11.8 Å². The molecule has 0 amide bonds. The van der Waals surface area contributed by atoms with Gasteiger partial charge in [0.2, 0.25) is 0 Å². The van der Waals surface area contributed by atoms with E-state index >= 15 is 0 Å². The topological polar surface area (TPSA) is 63.3 Å².